The van der Waals surface area contributed by atoms with E-state index in [9.17, 15) is 14.4 Å². The van der Waals surface area contributed by atoms with E-state index in [2.05, 4.69) is 10.4 Å². The summed E-state index contributed by atoms with van der Waals surface area (Å²) in [6.07, 6.45) is 6.17. The lowest BCUT2D eigenvalue weighted by Crippen LogP contribution is -2.21. The molecule has 1 aliphatic rings. The van der Waals surface area contributed by atoms with E-state index in [0.717, 1.165) is 47.2 Å². The molecule has 0 aromatic carbocycles. The quantitative estimate of drug-likeness (QED) is 0.611. The van der Waals surface area contributed by atoms with Crippen LogP contribution in [0.3, 0.4) is 0 Å². The number of carboxylic acid groups (broad SMARTS) is 1. The highest BCUT2D eigenvalue weighted by Gasteiger charge is 2.27. The molecule has 0 bridgehead atoms. The fourth-order valence-corrected chi connectivity index (χ4v) is 4.37. The van der Waals surface area contributed by atoms with Crippen LogP contribution in [0.15, 0.2) is 12.3 Å². The Balaban J connectivity index is 1.92. The number of ether oxygens (including phenoxy) is 1. The van der Waals surface area contributed by atoms with E-state index < -0.39 is 24.4 Å². The van der Waals surface area contributed by atoms with Gasteiger partial charge in [0.25, 0.3) is 5.91 Å². The Bertz CT molecular complexity index is 855. The van der Waals surface area contributed by atoms with Gasteiger partial charge in [0.1, 0.15) is 17.2 Å². The molecular weight excluding hydrogens is 358 g/mol. The fourth-order valence-electron chi connectivity index (χ4n) is 3.10. The summed E-state index contributed by atoms with van der Waals surface area (Å²) in [6.45, 7) is -0.416. The van der Waals surface area contributed by atoms with Crippen LogP contribution in [0.4, 0.5) is 5.00 Å². The van der Waals surface area contributed by atoms with Gasteiger partial charge in [0.15, 0.2) is 0 Å². The number of methoxy groups -OCH3 is 1. The second kappa shape index (κ2) is 7.69. The van der Waals surface area contributed by atoms with E-state index in [4.69, 9.17) is 9.84 Å². The first-order chi connectivity index (χ1) is 12.5. The van der Waals surface area contributed by atoms with E-state index in [1.807, 2.05) is 0 Å². The maximum Gasteiger partial charge on any atom is 0.341 e. The summed E-state index contributed by atoms with van der Waals surface area (Å²) in [5, 5.41) is 16.0. The molecule has 3 rings (SSSR count). The molecule has 0 saturated carbocycles. The van der Waals surface area contributed by atoms with Gasteiger partial charge < -0.3 is 15.2 Å². The first-order valence-electron chi connectivity index (χ1n) is 8.29. The zero-order valence-electron chi connectivity index (χ0n) is 14.3. The number of carbonyl (C=O) groups is 3. The second-order valence-electron chi connectivity index (χ2n) is 5.98. The summed E-state index contributed by atoms with van der Waals surface area (Å²) >= 11 is 1.39. The molecule has 2 aromatic heterocycles. The number of amides is 1. The maximum absolute atomic E-state index is 12.6. The van der Waals surface area contributed by atoms with Crippen molar-refractivity contribution in [2.24, 2.45) is 0 Å². The fraction of sp³-hybridized carbons (Fsp3) is 0.412. The van der Waals surface area contributed by atoms with Crippen LogP contribution in [-0.4, -0.2) is 39.8 Å². The molecule has 2 heterocycles. The van der Waals surface area contributed by atoms with Gasteiger partial charge in [-0.3, -0.25) is 9.59 Å². The number of hydrogen-bond acceptors (Lipinski definition) is 6. The molecule has 2 N–H and O–H groups in total. The second-order valence-corrected chi connectivity index (χ2v) is 7.09. The highest BCUT2D eigenvalue weighted by molar-refractivity contribution is 7.17. The topological polar surface area (TPSA) is 111 Å². The lowest BCUT2D eigenvalue weighted by Gasteiger charge is -2.08. The van der Waals surface area contributed by atoms with Crippen molar-refractivity contribution < 1.29 is 24.2 Å². The van der Waals surface area contributed by atoms with E-state index in [1.54, 1.807) is 0 Å². The van der Waals surface area contributed by atoms with Crippen LogP contribution >= 0.6 is 11.3 Å². The third-order valence-electron chi connectivity index (χ3n) is 4.27. The number of carbonyl (C=O) groups excluding carboxylic acids is 2. The minimum Gasteiger partial charge on any atom is -0.480 e. The first kappa shape index (κ1) is 18.1. The smallest absolute Gasteiger partial charge is 0.341 e. The number of esters is 1. The number of hydrogen-bond donors (Lipinski definition) is 2. The molecule has 0 fully saturated rings. The van der Waals surface area contributed by atoms with Crippen LogP contribution in [0.1, 0.15) is 50.5 Å². The Kier molecular flexibility index (Phi) is 5.36. The molecule has 0 unspecified atom stereocenters. The molecule has 1 aliphatic carbocycles. The van der Waals surface area contributed by atoms with E-state index in [-0.39, 0.29) is 5.69 Å². The third kappa shape index (κ3) is 3.62. The van der Waals surface area contributed by atoms with E-state index in [0.29, 0.717) is 10.6 Å². The van der Waals surface area contributed by atoms with Gasteiger partial charge in [0.05, 0.1) is 12.7 Å². The highest BCUT2D eigenvalue weighted by Crippen LogP contribution is 2.38. The lowest BCUT2D eigenvalue weighted by atomic mass is 10.1. The summed E-state index contributed by atoms with van der Waals surface area (Å²) in [4.78, 5) is 36.9. The van der Waals surface area contributed by atoms with Gasteiger partial charge >= 0.3 is 11.9 Å². The van der Waals surface area contributed by atoms with Crippen molar-refractivity contribution in [2.45, 2.75) is 38.6 Å². The molecule has 0 radical (unpaired) electrons. The van der Waals surface area contributed by atoms with Gasteiger partial charge in [-0.1, -0.05) is 6.42 Å². The average Bonchev–Trinajstić information content (AvgIpc) is 3.11. The van der Waals surface area contributed by atoms with Crippen molar-refractivity contribution >= 4 is 34.2 Å². The summed E-state index contributed by atoms with van der Waals surface area (Å²) in [5.41, 5.74) is 1.48. The van der Waals surface area contributed by atoms with Gasteiger partial charge in [-0.15, -0.1) is 11.3 Å². The van der Waals surface area contributed by atoms with Gasteiger partial charge in [0, 0.05) is 11.1 Å². The standard InChI is InChI=1S/C17H19N3O5S/c1-25-17(24)14-10-5-3-2-4-6-12(10)26-16(14)19-15(23)11-7-8-18-20(11)9-13(21)22/h7-8H,2-6,9H2,1H3,(H,19,23)(H,21,22). The van der Waals surface area contributed by atoms with E-state index >= 15 is 0 Å². The summed E-state index contributed by atoms with van der Waals surface area (Å²) < 4.78 is 6.02. The number of aromatic nitrogens is 2. The average molecular weight is 377 g/mol. The molecular formula is C17H19N3O5S. The van der Waals surface area contributed by atoms with Gasteiger partial charge in [-0.2, -0.15) is 5.10 Å². The maximum atomic E-state index is 12.6. The number of carboxylic acids is 1. The molecule has 2 aromatic rings. The lowest BCUT2D eigenvalue weighted by molar-refractivity contribution is -0.137. The Labute approximate surface area is 153 Å². The van der Waals surface area contributed by atoms with Gasteiger partial charge in [0.2, 0.25) is 0 Å². The number of rotatable bonds is 5. The summed E-state index contributed by atoms with van der Waals surface area (Å²) in [6, 6.07) is 1.44. The molecule has 8 nitrogen and oxygen atoms in total. The van der Waals surface area contributed by atoms with Crippen LogP contribution in [0.2, 0.25) is 0 Å². The number of anilines is 1. The molecule has 1 amide bonds. The number of aliphatic carboxylic acids is 1. The zero-order chi connectivity index (χ0) is 18.7. The van der Waals surface area contributed by atoms with Crippen LogP contribution in [0.5, 0.6) is 0 Å². The molecule has 0 saturated heterocycles. The molecule has 26 heavy (non-hydrogen) atoms. The largest absolute Gasteiger partial charge is 0.480 e. The number of thiophene rings is 1. The van der Waals surface area contributed by atoms with Gasteiger partial charge in [-0.25, -0.2) is 9.48 Å². The Morgan fingerprint density at radius 3 is 2.81 bits per heavy atom. The predicted octanol–water partition coefficient (Wildman–Crippen LogP) is 2.34. The SMILES string of the molecule is COC(=O)c1c(NC(=O)c2ccnn2CC(=O)O)sc2c1CCCCC2. The summed E-state index contributed by atoms with van der Waals surface area (Å²) in [7, 11) is 1.32. The van der Waals surface area contributed by atoms with Crippen LogP contribution in [0.25, 0.3) is 0 Å². The van der Waals surface area contributed by atoms with Crippen molar-refractivity contribution in [1.29, 1.82) is 0 Å². The monoisotopic (exact) mass is 377 g/mol. The van der Waals surface area contributed by atoms with Crippen molar-refractivity contribution in [3.8, 4) is 0 Å². The molecule has 0 aliphatic heterocycles. The minimum absolute atomic E-state index is 0.117. The van der Waals surface area contributed by atoms with Crippen LogP contribution in [0, 0.1) is 0 Å². The number of aryl methyl sites for hydroxylation is 1. The molecule has 138 valence electrons. The van der Waals surface area contributed by atoms with Gasteiger partial charge in [-0.05, 0) is 37.3 Å². The Morgan fingerprint density at radius 1 is 1.31 bits per heavy atom. The first-order valence-corrected chi connectivity index (χ1v) is 9.10. The van der Waals surface area contributed by atoms with Crippen LogP contribution in [-0.2, 0) is 28.9 Å². The zero-order valence-corrected chi connectivity index (χ0v) is 15.1. The predicted molar refractivity (Wildman–Crippen MR) is 94.7 cm³/mol. The minimum atomic E-state index is -1.10. The van der Waals surface area contributed by atoms with Crippen molar-refractivity contribution in [1.82, 2.24) is 9.78 Å². The highest BCUT2D eigenvalue weighted by atomic mass is 32.1. The molecule has 0 spiro atoms. The third-order valence-corrected chi connectivity index (χ3v) is 5.48. The molecule has 9 heteroatoms. The van der Waals surface area contributed by atoms with Crippen molar-refractivity contribution in [3.63, 3.8) is 0 Å². The van der Waals surface area contributed by atoms with E-state index in [1.165, 1.54) is 30.7 Å². The van der Waals surface area contributed by atoms with Crippen molar-refractivity contribution in [3.05, 3.63) is 34.0 Å². The number of nitrogens with one attached hydrogen (secondary N) is 1. The molecule has 0 atom stereocenters. The Hall–Kier alpha value is -2.68. The summed E-state index contributed by atoms with van der Waals surface area (Å²) in [5.74, 6) is -2.08. The normalized spacial score (nSPS) is 13.6. The number of nitrogens with zero attached hydrogens (tertiary/aromatic N) is 2. The van der Waals surface area contributed by atoms with Crippen LogP contribution < -0.4 is 5.32 Å². The number of fused-ring (bicyclic) bond motifs is 1. The Morgan fingerprint density at radius 2 is 2.08 bits per heavy atom. The van der Waals surface area contributed by atoms with Crippen molar-refractivity contribution in [2.75, 3.05) is 12.4 Å².